The molecule has 0 aliphatic heterocycles. The molecule has 17 heavy (non-hydrogen) atoms. The van der Waals surface area contributed by atoms with E-state index in [1.54, 1.807) is 0 Å². The van der Waals surface area contributed by atoms with Gasteiger partial charge in [0, 0.05) is 25.8 Å². The number of nitrogens with zero attached hydrogens (tertiary/aromatic N) is 2. The summed E-state index contributed by atoms with van der Waals surface area (Å²) in [6.07, 6.45) is 0. The first-order valence-electron chi connectivity index (χ1n) is 6.37. The molecule has 0 spiro atoms. The van der Waals surface area contributed by atoms with Crippen LogP contribution in [0.25, 0.3) is 0 Å². The van der Waals surface area contributed by atoms with E-state index in [1.807, 2.05) is 0 Å². The summed E-state index contributed by atoms with van der Waals surface area (Å²) in [6, 6.07) is 6.86. The number of benzene rings is 1. The molecule has 1 aromatic rings. The Kier molecular flexibility index (Phi) is 5.01. The van der Waals surface area contributed by atoms with E-state index < -0.39 is 0 Å². The van der Waals surface area contributed by atoms with E-state index in [0.717, 1.165) is 13.1 Å². The standard InChI is InChI=1S/C15H26N2/c1-12(2)14-9-13(3)10-15(11-14)17(6)8-7-16(4)5/h9-12H,7-8H2,1-6H3. The van der Waals surface area contributed by atoms with Crippen molar-refractivity contribution >= 4 is 5.69 Å². The molecule has 2 heteroatoms. The van der Waals surface area contributed by atoms with Gasteiger partial charge in [-0.15, -0.1) is 0 Å². The average Bonchev–Trinajstić information content (AvgIpc) is 2.24. The monoisotopic (exact) mass is 234 g/mol. The van der Waals surface area contributed by atoms with Crippen LogP contribution in [0, 0.1) is 6.92 Å². The molecule has 1 aromatic carbocycles. The minimum absolute atomic E-state index is 0.593. The van der Waals surface area contributed by atoms with Crippen molar-refractivity contribution in [2.75, 3.05) is 39.1 Å². The molecule has 2 nitrogen and oxygen atoms in total. The van der Waals surface area contributed by atoms with Crippen molar-refractivity contribution in [2.45, 2.75) is 26.7 Å². The SMILES string of the molecule is Cc1cc(C(C)C)cc(N(C)CCN(C)C)c1. The fourth-order valence-corrected chi connectivity index (χ4v) is 1.82. The van der Waals surface area contributed by atoms with Crippen LogP contribution in [-0.2, 0) is 0 Å². The van der Waals surface area contributed by atoms with Gasteiger partial charge >= 0.3 is 0 Å². The third-order valence-corrected chi connectivity index (χ3v) is 3.07. The number of hydrogen-bond acceptors (Lipinski definition) is 2. The van der Waals surface area contributed by atoms with Gasteiger partial charge in [0.25, 0.3) is 0 Å². The molecule has 0 aromatic heterocycles. The van der Waals surface area contributed by atoms with E-state index >= 15 is 0 Å². The van der Waals surface area contributed by atoms with Gasteiger partial charge in [0.15, 0.2) is 0 Å². The largest absolute Gasteiger partial charge is 0.373 e. The van der Waals surface area contributed by atoms with E-state index in [4.69, 9.17) is 0 Å². The first kappa shape index (κ1) is 14.0. The predicted molar refractivity (Wildman–Crippen MR) is 77.1 cm³/mol. The molecule has 0 fully saturated rings. The third-order valence-electron chi connectivity index (χ3n) is 3.07. The van der Waals surface area contributed by atoms with Crippen molar-refractivity contribution in [3.05, 3.63) is 29.3 Å². The minimum Gasteiger partial charge on any atom is -0.373 e. The van der Waals surface area contributed by atoms with Crippen molar-refractivity contribution < 1.29 is 0 Å². The molecular formula is C15H26N2. The van der Waals surface area contributed by atoms with Gasteiger partial charge < -0.3 is 9.80 Å². The summed E-state index contributed by atoms with van der Waals surface area (Å²) in [5.41, 5.74) is 4.11. The molecular weight excluding hydrogens is 208 g/mol. The molecule has 1 rings (SSSR count). The number of hydrogen-bond donors (Lipinski definition) is 0. The van der Waals surface area contributed by atoms with Gasteiger partial charge in [-0.3, -0.25) is 0 Å². The predicted octanol–water partition coefficient (Wildman–Crippen LogP) is 3.12. The lowest BCUT2D eigenvalue weighted by Crippen LogP contribution is -2.28. The Hall–Kier alpha value is -1.02. The van der Waals surface area contributed by atoms with E-state index in [0.29, 0.717) is 5.92 Å². The van der Waals surface area contributed by atoms with Crippen LogP contribution in [-0.4, -0.2) is 39.1 Å². The van der Waals surface area contributed by atoms with Gasteiger partial charge in [-0.1, -0.05) is 19.9 Å². The summed E-state index contributed by atoms with van der Waals surface area (Å²) in [7, 11) is 6.40. The maximum atomic E-state index is 2.33. The normalized spacial score (nSPS) is 11.3. The maximum Gasteiger partial charge on any atom is 0.0369 e. The topological polar surface area (TPSA) is 6.48 Å². The molecule has 96 valence electrons. The summed E-state index contributed by atoms with van der Waals surface area (Å²) in [6.45, 7) is 8.82. The molecule has 0 saturated carbocycles. The summed E-state index contributed by atoms with van der Waals surface area (Å²) < 4.78 is 0. The zero-order valence-electron chi connectivity index (χ0n) is 12.1. The minimum atomic E-state index is 0.593. The van der Waals surface area contributed by atoms with Crippen molar-refractivity contribution in [3.63, 3.8) is 0 Å². The molecule has 0 aliphatic rings. The Morgan fingerprint density at radius 1 is 1.00 bits per heavy atom. The maximum absolute atomic E-state index is 2.33. The molecule has 0 N–H and O–H groups in total. The number of rotatable bonds is 5. The summed E-state index contributed by atoms with van der Waals surface area (Å²) in [5, 5.41) is 0. The van der Waals surface area contributed by atoms with Crippen LogP contribution in [0.2, 0.25) is 0 Å². The second-order valence-corrected chi connectivity index (χ2v) is 5.48. The second-order valence-electron chi connectivity index (χ2n) is 5.48. The van der Waals surface area contributed by atoms with Crippen LogP contribution in [0.5, 0.6) is 0 Å². The first-order valence-corrected chi connectivity index (χ1v) is 6.37. The summed E-state index contributed by atoms with van der Waals surface area (Å²) in [4.78, 5) is 4.55. The molecule has 0 heterocycles. The average molecular weight is 234 g/mol. The van der Waals surface area contributed by atoms with Crippen molar-refractivity contribution in [1.29, 1.82) is 0 Å². The molecule has 0 radical (unpaired) electrons. The van der Waals surface area contributed by atoms with Gasteiger partial charge in [-0.25, -0.2) is 0 Å². The van der Waals surface area contributed by atoms with Crippen LogP contribution in [0.4, 0.5) is 5.69 Å². The highest BCUT2D eigenvalue weighted by molar-refractivity contribution is 5.51. The van der Waals surface area contributed by atoms with E-state index in [1.165, 1.54) is 16.8 Å². The van der Waals surface area contributed by atoms with Gasteiger partial charge in [0.1, 0.15) is 0 Å². The van der Waals surface area contributed by atoms with Crippen LogP contribution < -0.4 is 4.90 Å². The van der Waals surface area contributed by atoms with E-state index in [9.17, 15) is 0 Å². The van der Waals surface area contributed by atoms with Crippen molar-refractivity contribution in [1.82, 2.24) is 4.90 Å². The van der Waals surface area contributed by atoms with Gasteiger partial charge in [0.2, 0.25) is 0 Å². The Bertz CT molecular complexity index is 356. The zero-order chi connectivity index (χ0) is 13.0. The highest BCUT2D eigenvalue weighted by Crippen LogP contribution is 2.23. The Balaban J connectivity index is 2.82. The number of aryl methyl sites for hydroxylation is 1. The van der Waals surface area contributed by atoms with Gasteiger partial charge in [0.05, 0.1) is 0 Å². The number of anilines is 1. The fourth-order valence-electron chi connectivity index (χ4n) is 1.82. The van der Waals surface area contributed by atoms with Gasteiger partial charge in [-0.2, -0.15) is 0 Å². The smallest absolute Gasteiger partial charge is 0.0369 e. The summed E-state index contributed by atoms with van der Waals surface area (Å²) >= 11 is 0. The molecule has 0 bridgehead atoms. The van der Waals surface area contributed by atoms with E-state index in [-0.39, 0.29) is 0 Å². The molecule has 0 unspecified atom stereocenters. The second kappa shape index (κ2) is 6.06. The molecule has 0 saturated heterocycles. The Labute approximate surface area is 106 Å². The Morgan fingerprint density at radius 3 is 2.18 bits per heavy atom. The zero-order valence-corrected chi connectivity index (χ0v) is 12.1. The lowest BCUT2D eigenvalue weighted by atomic mass is 10.00. The third kappa shape index (κ3) is 4.39. The first-order chi connectivity index (χ1) is 7.90. The molecule has 0 atom stereocenters. The highest BCUT2D eigenvalue weighted by Gasteiger charge is 2.06. The van der Waals surface area contributed by atoms with Crippen molar-refractivity contribution in [2.24, 2.45) is 0 Å². The lowest BCUT2D eigenvalue weighted by Gasteiger charge is -2.23. The molecule has 0 aliphatic carbocycles. The van der Waals surface area contributed by atoms with Crippen LogP contribution >= 0.6 is 0 Å². The van der Waals surface area contributed by atoms with E-state index in [2.05, 4.69) is 69.9 Å². The fraction of sp³-hybridized carbons (Fsp3) is 0.600. The van der Waals surface area contributed by atoms with Crippen LogP contribution in [0.1, 0.15) is 30.9 Å². The van der Waals surface area contributed by atoms with Crippen molar-refractivity contribution in [3.8, 4) is 0 Å². The van der Waals surface area contributed by atoms with Crippen LogP contribution in [0.3, 0.4) is 0 Å². The van der Waals surface area contributed by atoms with Crippen LogP contribution in [0.15, 0.2) is 18.2 Å². The highest BCUT2D eigenvalue weighted by atomic mass is 15.1. The number of likely N-dealkylation sites (N-methyl/N-ethyl adjacent to an activating group) is 2. The quantitative estimate of drug-likeness (QED) is 0.772. The Morgan fingerprint density at radius 2 is 1.65 bits per heavy atom. The lowest BCUT2D eigenvalue weighted by molar-refractivity contribution is 0.416. The summed E-state index contributed by atoms with van der Waals surface area (Å²) in [5.74, 6) is 0.593. The van der Waals surface area contributed by atoms with Gasteiger partial charge in [-0.05, 0) is 50.2 Å². The molecule has 0 amide bonds.